The van der Waals surface area contributed by atoms with Crippen molar-refractivity contribution >= 4 is 0 Å². The first-order chi connectivity index (χ1) is 9.65. The van der Waals surface area contributed by atoms with Crippen LogP contribution in [0.3, 0.4) is 0 Å². The third-order valence-electron chi connectivity index (χ3n) is 5.56. The number of aryl methyl sites for hydroxylation is 1. The molecule has 110 valence electrons. The van der Waals surface area contributed by atoms with E-state index in [1.54, 1.807) is 0 Å². The van der Waals surface area contributed by atoms with Crippen molar-refractivity contribution < 1.29 is 0 Å². The lowest BCUT2D eigenvalue weighted by molar-refractivity contribution is 0.131. The molecule has 0 aromatic heterocycles. The highest BCUT2D eigenvalue weighted by Gasteiger charge is 2.38. The van der Waals surface area contributed by atoms with Crippen LogP contribution in [0.2, 0.25) is 0 Å². The van der Waals surface area contributed by atoms with Gasteiger partial charge in [-0.05, 0) is 70.2 Å². The van der Waals surface area contributed by atoms with Crippen molar-refractivity contribution in [3.63, 3.8) is 0 Å². The highest BCUT2D eigenvalue weighted by atomic mass is 15.2. The van der Waals surface area contributed by atoms with E-state index < -0.39 is 0 Å². The van der Waals surface area contributed by atoms with Gasteiger partial charge in [-0.1, -0.05) is 24.3 Å². The molecule has 3 atom stereocenters. The van der Waals surface area contributed by atoms with Gasteiger partial charge in [0.05, 0.1) is 0 Å². The van der Waals surface area contributed by atoms with Gasteiger partial charge in [-0.2, -0.15) is 0 Å². The summed E-state index contributed by atoms with van der Waals surface area (Å²) in [5.41, 5.74) is 2.85. The predicted molar refractivity (Wildman–Crippen MR) is 84.9 cm³/mol. The fourth-order valence-electron chi connectivity index (χ4n) is 4.22. The second-order valence-corrected chi connectivity index (χ2v) is 6.87. The Labute approximate surface area is 123 Å². The van der Waals surface area contributed by atoms with E-state index in [1.807, 2.05) is 0 Å². The Hall–Kier alpha value is -0.860. The molecule has 2 aliphatic heterocycles. The number of fused-ring (bicyclic) bond motifs is 2. The molecule has 3 rings (SSSR count). The van der Waals surface area contributed by atoms with Crippen molar-refractivity contribution in [1.82, 2.24) is 10.2 Å². The summed E-state index contributed by atoms with van der Waals surface area (Å²) in [6.45, 7) is 5.69. The number of rotatable bonds is 4. The van der Waals surface area contributed by atoms with Crippen molar-refractivity contribution in [2.24, 2.45) is 5.92 Å². The summed E-state index contributed by atoms with van der Waals surface area (Å²) in [6, 6.07) is 10.9. The zero-order chi connectivity index (χ0) is 14.1. The van der Waals surface area contributed by atoms with Crippen molar-refractivity contribution in [2.45, 2.75) is 57.7 Å². The van der Waals surface area contributed by atoms with Gasteiger partial charge >= 0.3 is 0 Å². The molecule has 0 saturated carbocycles. The van der Waals surface area contributed by atoms with E-state index in [4.69, 9.17) is 0 Å². The van der Waals surface area contributed by atoms with E-state index in [2.05, 4.69) is 55.4 Å². The van der Waals surface area contributed by atoms with Crippen LogP contribution >= 0.6 is 0 Å². The highest BCUT2D eigenvalue weighted by molar-refractivity contribution is 5.28. The van der Waals surface area contributed by atoms with E-state index in [0.717, 1.165) is 18.0 Å². The summed E-state index contributed by atoms with van der Waals surface area (Å²) < 4.78 is 0. The van der Waals surface area contributed by atoms with Gasteiger partial charge in [0, 0.05) is 18.1 Å². The molecule has 2 bridgehead atoms. The van der Waals surface area contributed by atoms with Gasteiger partial charge in [-0.15, -0.1) is 0 Å². The van der Waals surface area contributed by atoms with Crippen LogP contribution in [0.4, 0.5) is 0 Å². The Bertz CT molecular complexity index is 442. The summed E-state index contributed by atoms with van der Waals surface area (Å²) in [4.78, 5) is 2.63. The Balaban J connectivity index is 1.54. The van der Waals surface area contributed by atoms with Crippen LogP contribution in [0.5, 0.6) is 0 Å². The molecule has 0 radical (unpaired) electrons. The van der Waals surface area contributed by atoms with Crippen LogP contribution in [-0.4, -0.2) is 30.6 Å². The molecule has 2 saturated heterocycles. The van der Waals surface area contributed by atoms with E-state index in [0.29, 0.717) is 6.04 Å². The molecule has 20 heavy (non-hydrogen) atoms. The summed E-state index contributed by atoms with van der Waals surface area (Å²) >= 11 is 0. The molecule has 1 aromatic rings. The summed E-state index contributed by atoms with van der Waals surface area (Å²) in [5, 5.41) is 3.77. The van der Waals surface area contributed by atoms with Crippen LogP contribution in [0.1, 0.15) is 49.8 Å². The van der Waals surface area contributed by atoms with Crippen molar-refractivity contribution in [1.29, 1.82) is 0 Å². The number of hydrogen-bond donors (Lipinski definition) is 1. The van der Waals surface area contributed by atoms with Crippen LogP contribution in [0, 0.1) is 12.8 Å². The molecule has 2 heteroatoms. The highest BCUT2D eigenvalue weighted by Crippen LogP contribution is 2.37. The van der Waals surface area contributed by atoms with E-state index in [9.17, 15) is 0 Å². The number of benzene rings is 1. The number of piperidine rings is 1. The van der Waals surface area contributed by atoms with Crippen LogP contribution in [0.15, 0.2) is 24.3 Å². The normalized spacial score (nSPS) is 31.4. The quantitative estimate of drug-likeness (QED) is 0.902. The molecule has 3 unspecified atom stereocenters. The van der Waals surface area contributed by atoms with Crippen molar-refractivity contribution in [2.75, 3.05) is 13.6 Å². The van der Waals surface area contributed by atoms with Gasteiger partial charge in [0.2, 0.25) is 0 Å². The first-order valence-corrected chi connectivity index (χ1v) is 8.16. The minimum absolute atomic E-state index is 0.466. The molecular weight excluding hydrogens is 244 g/mol. The largest absolute Gasteiger partial charge is 0.310 e. The lowest BCUT2D eigenvalue weighted by Gasteiger charge is -2.37. The summed E-state index contributed by atoms with van der Waals surface area (Å²) in [7, 11) is 2.32. The van der Waals surface area contributed by atoms with Gasteiger partial charge in [0.15, 0.2) is 0 Å². The van der Waals surface area contributed by atoms with Crippen LogP contribution in [-0.2, 0) is 0 Å². The lowest BCUT2D eigenvalue weighted by Crippen LogP contribution is -2.42. The van der Waals surface area contributed by atoms with E-state index >= 15 is 0 Å². The Morgan fingerprint density at radius 1 is 1.20 bits per heavy atom. The zero-order valence-electron chi connectivity index (χ0n) is 13.1. The fraction of sp³-hybridized carbons (Fsp3) is 0.667. The second-order valence-electron chi connectivity index (χ2n) is 6.87. The Kier molecular flexibility index (Phi) is 4.13. The average Bonchev–Trinajstić information content (AvgIpc) is 2.66. The topological polar surface area (TPSA) is 15.3 Å². The summed E-state index contributed by atoms with van der Waals surface area (Å²) in [5.74, 6) is 0.871. The van der Waals surface area contributed by atoms with Gasteiger partial charge in [-0.25, -0.2) is 0 Å². The van der Waals surface area contributed by atoms with Crippen LogP contribution < -0.4 is 5.32 Å². The lowest BCUT2D eigenvalue weighted by atomic mass is 9.90. The minimum Gasteiger partial charge on any atom is -0.310 e. The summed E-state index contributed by atoms with van der Waals surface area (Å²) in [6.07, 6.45) is 5.62. The third-order valence-corrected chi connectivity index (χ3v) is 5.56. The predicted octanol–water partition coefficient (Wildman–Crippen LogP) is 3.52. The molecule has 2 aliphatic rings. The van der Waals surface area contributed by atoms with Crippen molar-refractivity contribution in [3.05, 3.63) is 35.4 Å². The maximum atomic E-state index is 3.77. The molecule has 1 aromatic carbocycles. The number of nitrogens with zero attached hydrogens (tertiary/aromatic N) is 1. The molecule has 2 heterocycles. The van der Waals surface area contributed by atoms with Gasteiger partial charge in [0.1, 0.15) is 0 Å². The third kappa shape index (κ3) is 2.77. The van der Waals surface area contributed by atoms with E-state index in [1.165, 1.54) is 43.4 Å². The smallest absolute Gasteiger partial charge is 0.0294 e. The molecule has 1 N–H and O–H groups in total. The van der Waals surface area contributed by atoms with Gasteiger partial charge in [0.25, 0.3) is 0 Å². The Morgan fingerprint density at radius 2 is 1.85 bits per heavy atom. The SMILES string of the molecule is Cc1ccccc1C(C)NCC1CC2CCC(C1)N2C. The van der Waals surface area contributed by atoms with Crippen molar-refractivity contribution in [3.8, 4) is 0 Å². The monoisotopic (exact) mass is 272 g/mol. The second kappa shape index (κ2) is 5.87. The maximum Gasteiger partial charge on any atom is 0.0294 e. The molecular formula is C18H28N2. The molecule has 0 aliphatic carbocycles. The number of hydrogen-bond acceptors (Lipinski definition) is 2. The van der Waals surface area contributed by atoms with Crippen LogP contribution in [0.25, 0.3) is 0 Å². The standard InChI is InChI=1S/C18H28N2/c1-13-6-4-5-7-18(13)14(2)19-12-15-10-16-8-9-17(11-15)20(16)3/h4-7,14-17,19H,8-12H2,1-3H3. The average molecular weight is 272 g/mol. The fourth-order valence-corrected chi connectivity index (χ4v) is 4.22. The number of nitrogens with one attached hydrogen (secondary N) is 1. The molecule has 0 amide bonds. The van der Waals surface area contributed by atoms with E-state index in [-0.39, 0.29) is 0 Å². The zero-order valence-corrected chi connectivity index (χ0v) is 13.1. The first kappa shape index (κ1) is 14.1. The van der Waals surface area contributed by atoms with Gasteiger partial charge in [-0.3, -0.25) is 0 Å². The first-order valence-electron chi connectivity index (χ1n) is 8.16. The van der Waals surface area contributed by atoms with Gasteiger partial charge < -0.3 is 10.2 Å². The molecule has 2 fully saturated rings. The minimum atomic E-state index is 0.466. The molecule has 0 spiro atoms. The molecule has 2 nitrogen and oxygen atoms in total. The Morgan fingerprint density at radius 3 is 2.50 bits per heavy atom. The maximum absolute atomic E-state index is 3.77.